The van der Waals surface area contributed by atoms with Crippen molar-refractivity contribution in [2.24, 2.45) is 0 Å². The summed E-state index contributed by atoms with van der Waals surface area (Å²) in [4.78, 5) is 23.0. The fourth-order valence-corrected chi connectivity index (χ4v) is 2.72. The molecular formula is C19H21NO4S. The zero-order valence-corrected chi connectivity index (χ0v) is 14.8. The van der Waals surface area contributed by atoms with Crippen molar-refractivity contribution in [3.05, 3.63) is 54.6 Å². The van der Waals surface area contributed by atoms with Crippen molar-refractivity contribution in [3.8, 4) is 16.9 Å². The fraction of sp³-hybridized carbons (Fsp3) is 0.263. The summed E-state index contributed by atoms with van der Waals surface area (Å²) in [6, 6.07) is 16.5. The molecule has 0 heterocycles. The number of hydrogen-bond acceptors (Lipinski definition) is 4. The Morgan fingerprint density at radius 3 is 2.32 bits per heavy atom. The number of hydrogen-bond donors (Lipinski definition) is 2. The number of ether oxygens (including phenoxy) is 1. The van der Waals surface area contributed by atoms with Crippen molar-refractivity contribution in [1.82, 2.24) is 5.32 Å². The number of carboxylic acid groups (broad SMARTS) is 1. The standard InChI is InChI=1S/C19H21NO4S/c1-25-12-11-17(19(22)23)20-18(21)13-24-16-9-7-15(8-10-16)14-5-3-2-4-6-14/h2-10,17H,11-13H2,1H3,(H,20,21)(H,22,23)/t17-/m1/s1. The number of amides is 1. The van der Waals surface area contributed by atoms with Gasteiger partial charge in [-0.1, -0.05) is 42.5 Å². The fourth-order valence-electron chi connectivity index (χ4n) is 2.25. The lowest BCUT2D eigenvalue weighted by Gasteiger charge is -2.14. The van der Waals surface area contributed by atoms with Crippen LogP contribution in [0.2, 0.25) is 0 Å². The first kappa shape index (κ1) is 18.9. The summed E-state index contributed by atoms with van der Waals surface area (Å²) in [5, 5.41) is 11.6. The van der Waals surface area contributed by atoms with Gasteiger partial charge in [0, 0.05) is 0 Å². The summed E-state index contributed by atoms with van der Waals surface area (Å²) in [5.41, 5.74) is 2.16. The van der Waals surface area contributed by atoms with Crippen molar-refractivity contribution in [1.29, 1.82) is 0 Å². The topological polar surface area (TPSA) is 75.6 Å². The molecule has 2 N–H and O–H groups in total. The average Bonchev–Trinajstić information content (AvgIpc) is 2.64. The molecule has 0 saturated heterocycles. The second kappa shape index (κ2) is 9.74. The first-order valence-corrected chi connectivity index (χ1v) is 9.29. The van der Waals surface area contributed by atoms with Crippen molar-refractivity contribution >= 4 is 23.6 Å². The van der Waals surface area contributed by atoms with E-state index in [1.54, 1.807) is 12.1 Å². The molecule has 132 valence electrons. The van der Waals surface area contributed by atoms with E-state index in [9.17, 15) is 9.59 Å². The summed E-state index contributed by atoms with van der Waals surface area (Å²) < 4.78 is 5.43. The second-order valence-corrected chi connectivity index (χ2v) is 6.40. The molecule has 0 aliphatic heterocycles. The molecule has 2 aromatic carbocycles. The molecule has 0 spiro atoms. The lowest BCUT2D eigenvalue weighted by atomic mass is 10.1. The third-order valence-corrected chi connectivity index (χ3v) is 4.22. The van der Waals surface area contributed by atoms with E-state index in [-0.39, 0.29) is 6.61 Å². The average molecular weight is 359 g/mol. The van der Waals surface area contributed by atoms with Crippen LogP contribution in [0.5, 0.6) is 5.75 Å². The molecule has 0 fully saturated rings. The van der Waals surface area contributed by atoms with Crippen LogP contribution in [0, 0.1) is 0 Å². The van der Waals surface area contributed by atoms with Crippen molar-refractivity contribution in [2.45, 2.75) is 12.5 Å². The molecule has 1 amide bonds. The predicted octanol–water partition coefficient (Wildman–Crippen LogP) is 3.05. The molecule has 0 aromatic heterocycles. The largest absolute Gasteiger partial charge is 0.484 e. The van der Waals surface area contributed by atoms with Gasteiger partial charge in [0.05, 0.1) is 0 Å². The highest BCUT2D eigenvalue weighted by molar-refractivity contribution is 7.98. The van der Waals surface area contributed by atoms with E-state index in [0.717, 1.165) is 11.1 Å². The Morgan fingerprint density at radius 1 is 1.08 bits per heavy atom. The summed E-state index contributed by atoms with van der Waals surface area (Å²) in [5.74, 6) is -0.250. The van der Waals surface area contributed by atoms with E-state index in [4.69, 9.17) is 9.84 Å². The van der Waals surface area contributed by atoms with Gasteiger partial charge in [-0.2, -0.15) is 11.8 Å². The molecule has 2 rings (SSSR count). The molecule has 0 aliphatic carbocycles. The number of nitrogens with one attached hydrogen (secondary N) is 1. The predicted molar refractivity (Wildman–Crippen MR) is 99.9 cm³/mol. The van der Waals surface area contributed by atoms with Gasteiger partial charge in [-0.25, -0.2) is 4.79 Å². The highest BCUT2D eigenvalue weighted by Gasteiger charge is 2.19. The number of benzene rings is 2. The molecule has 0 aliphatic rings. The van der Waals surface area contributed by atoms with Gasteiger partial charge in [0.1, 0.15) is 11.8 Å². The normalized spacial score (nSPS) is 11.6. The SMILES string of the molecule is CSCC[C@@H](NC(=O)COc1ccc(-c2ccccc2)cc1)C(=O)O. The molecular weight excluding hydrogens is 338 g/mol. The maximum Gasteiger partial charge on any atom is 0.326 e. The van der Waals surface area contributed by atoms with Crippen LogP contribution in [0.15, 0.2) is 54.6 Å². The van der Waals surface area contributed by atoms with Gasteiger partial charge in [-0.05, 0) is 41.7 Å². The van der Waals surface area contributed by atoms with Crippen LogP contribution in [0.3, 0.4) is 0 Å². The van der Waals surface area contributed by atoms with E-state index in [0.29, 0.717) is 17.9 Å². The first-order valence-electron chi connectivity index (χ1n) is 7.89. The van der Waals surface area contributed by atoms with Crippen LogP contribution >= 0.6 is 11.8 Å². The van der Waals surface area contributed by atoms with Gasteiger partial charge in [0.25, 0.3) is 5.91 Å². The van der Waals surface area contributed by atoms with Gasteiger partial charge in [-0.3, -0.25) is 4.79 Å². The van der Waals surface area contributed by atoms with E-state index < -0.39 is 17.9 Å². The lowest BCUT2D eigenvalue weighted by Crippen LogP contribution is -2.43. The number of rotatable bonds is 9. The van der Waals surface area contributed by atoms with E-state index in [1.807, 2.05) is 48.7 Å². The maximum absolute atomic E-state index is 11.9. The van der Waals surface area contributed by atoms with Gasteiger partial charge < -0.3 is 15.2 Å². The third-order valence-electron chi connectivity index (χ3n) is 3.58. The van der Waals surface area contributed by atoms with Crippen LogP contribution in [0.1, 0.15) is 6.42 Å². The van der Waals surface area contributed by atoms with Crippen molar-refractivity contribution in [2.75, 3.05) is 18.6 Å². The summed E-state index contributed by atoms with van der Waals surface area (Å²) >= 11 is 1.54. The molecule has 0 bridgehead atoms. The molecule has 5 nitrogen and oxygen atoms in total. The number of thioether (sulfide) groups is 1. The number of carbonyl (C=O) groups excluding carboxylic acids is 1. The first-order chi connectivity index (χ1) is 12.1. The Morgan fingerprint density at radius 2 is 1.72 bits per heavy atom. The minimum atomic E-state index is -1.03. The highest BCUT2D eigenvalue weighted by atomic mass is 32.2. The maximum atomic E-state index is 11.9. The van der Waals surface area contributed by atoms with Gasteiger partial charge in [0.2, 0.25) is 0 Å². The zero-order valence-electron chi connectivity index (χ0n) is 14.0. The number of carboxylic acids is 1. The Bertz CT molecular complexity index is 688. The lowest BCUT2D eigenvalue weighted by molar-refractivity contribution is -0.142. The minimum absolute atomic E-state index is 0.215. The monoisotopic (exact) mass is 359 g/mol. The number of carbonyl (C=O) groups is 2. The summed E-state index contributed by atoms with van der Waals surface area (Å²) in [6.07, 6.45) is 2.27. The molecule has 25 heavy (non-hydrogen) atoms. The van der Waals surface area contributed by atoms with E-state index >= 15 is 0 Å². The Hall–Kier alpha value is -2.47. The molecule has 1 atom stereocenters. The smallest absolute Gasteiger partial charge is 0.326 e. The Balaban J connectivity index is 1.86. The van der Waals surface area contributed by atoms with Crippen molar-refractivity contribution < 1.29 is 19.4 Å². The summed E-state index contributed by atoms with van der Waals surface area (Å²) in [7, 11) is 0. The zero-order chi connectivity index (χ0) is 18.1. The molecule has 0 saturated carbocycles. The highest BCUT2D eigenvalue weighted by Crippen LogP contribution is 2.21. The van der Waals surface area contributed by atoms with Gasteiger partial charge in [0.15, 0.2) is 6.61 Å². The van der Waals surface area contributed by atoms with Crippen LogP contribution in [-0.2, 0) is 9.59 Å². The second-order valence-electron chi connectivity index (χ2n) is 5.42. The molecule has 6 heteroatoms. The van der Waals surface area contributed by atoms with Crippen LogP contribution in [-0.4, -0.2) is 41.6 Å². The minimum Gasteiger partial charge on any atom is -0.484 e. The quantitative estimate of drug-likeness (QED) is 0.720. The van der Waals surface area contributed by atoms with Crippen LogP contribution in [0.4, 0.5) is 0 Å². The number of aliphatic carboxylic acids is 1. The Kier molecular flexibility index (Phi) is 7.35. The molecule has 0 radical (unpaired) electrons. The van der Waals surface area contributed by atoms with Gasteiger partial charge in [-0.15, -0.1) is 0 Å². The molecule has 2 aromatic rings. The molecule has 0 unspecified atom stereocenters. The third kappa shape index (κ3) is 6.15. The Labute approximate surface area is 151 Å². The van der Waals surface area contributed by atoms with E-state index in [1.165, 1.54) is 11.8 Å². The summed E-state index contributed by atoms with van der Waals surface area (Å²) in [6.45, 7) is -0.215. The van der Waals surface area contributed by atoms with Gasteiger partial charge >= 0.3 is 5.97 Å². The van der Waals surface area contributed by atoms with Crippen LogP contribution in [0.25, 0.3) is 11.1 Å². The van der Waals surface area contributed by atoms with Crippen molar-refractivity contribution in [3.63, 3.8) is 0 Å². The van der Waals surface area contributed by atoms with Crippen LogP contribution < -0.4 is 10.1 Å². The van der Waals surface area contributed by atoms with E-state index in [2.05, 4.69) is 5.32 Å².